The minimum Gasteiger partial charge on any atom is -0.514 e. The van der Waals surface area contributed by atoms with E-state index < -0.39 is 0 Å². The summed E-state index contributed by atoms with van der Waals surface area (Å²) in [6, 6.07) is 3.69. The van der Waals surface area contributed by atoms with Gasteiger partial charge in [0, 0.05) is 6.20 Å². The van der Waals surface area contributed by atoms with E-state index in [9.17, 15) is 5.11 Å². The Balaban J connectivity index is 1.91. The molecule has 0 fully saturated rings. The highest BCUT2D eigenvalue weighted by molar-refractivity contribution is 7.99. The molecule has 0 saturated carbocycles. The number of thiazole rings is 1. The van der Waals surface area contributed by atoms with Gasteiger partial charge in [0.05, 0.1) is 27.9 Å². The highest BCUT2D eigenvalue weighted by Gasteiger charge is 2.17. The van der Waals surface area contributed by atoms with E-state index in [1.54, 1.807) is 6.20 Å². The maximum Gasteiger partial charge on any atom is 0.192 e. The number of rotatable bonds is 7. The van der Waals surface area contributed by atoms with Crippen LogP contribution < -0.4 is 11.1 Å². The van der Waals surface area contributed by atoms with Crippen molar-refractivity contribution in [2.24, 2.45) is 5.92 Å². The van der Waals surface area contributed by atoms with Crippen LogP contribution in [-0.2, 0) is 0 Å². The van der Waals surface area contributed by atoms with Crippen LogP contribution in [0, 0.1) is 5.92 Å². The van der Waals surface area contributed by atoms with Crippen molar-refractivity contribution < 1.29 is 5.11 Å². The largest absolute Gasteiger partial charge is 0.514 e. The molecule has 10 heteroatoms. The van der Waals surface area contributed by atoms with Gasteiger partial charge in [0.15, 0.2) is 21.8 Å². The van der Waals surface area contributed by atoms with Gasteiger partial charge in [-0.2, -0.15) is 0 Å². The summed E-state index contributed by atoms with van der Waals surface area (Å²) in [4.78, 5) is 17.8. The van der Waals surface area contributed by atoms with Crippen molar-refractivity contribution in [3.05, 3.63) is 41.0 Å². The van der Waals surface area contributed by atoms with Crippen molar-refractivity contribution >= 4 is 56.0 Å². The average molecular weight is 437 g/mol. The fraction of sp³-hybridized carbons (Fsp3) is 0.333. The minimum atomic E-state index is 0.0158. The molecule has 1 atom stereocenters. The number of nitrogens with one attached hydrogen (secondary N) is 1. The summed E-state index contributed by atoms with van der Waals surface area (Å²) in [6.07, 6.45) is 3.38. The molecular formula is C18H21ClN6OS2. The van der Waals surface area contributed by atoms with E-state index in [0.29, 0.717) is 44.8 Å². The highest BCUT2D eigenvalue weighted by Crippen LogP contribution is 2.36. The second-order valence-electron chi connectivity index (χ2n) is 6.60. The quantitative estimate of drug-likeness (QED) is 0.255. The van der Waals surface area contributed by atoms with Gasteiger partial charge in [-0.05, 0) is 31.4 Å². The van der Waals surface area contributed by atoms with Gasteiger partial charge >= 0.3 is 0 Å². The number of aliphatic hydroxyl groups is 1. The Kier molecular flexibility index (Phi) is 6.58. The molecule has 148 valence electrons. The summed E-state index contributed by atoms with van der Waals surface area (Å²) in [5.74, 6) is 0.957. The van der Waals surface area contributed by atoms with Gasteiger partial charge in [-0.1, -0.05) is 48.5 Å². The van der Waals surface area contributed by atoms with Crippen molar-refractivity contribution in [2.45, 2.75) is 37.6 Å². The number of nitrogens with zero attached hydrogens (tertiary/aromatic N) is 4. The minimum absolute atomic E-state index is 0.0158. The molecule has 0 radical (unpaired) electrons. The van der Waals surface area contributed by atoms with E-state index in [2.05, 4.69) is 39.1 Å². The standard InChI is InChI=1S/C18H21ClN6OS2/c1-9(2)6-12(8-26)22-15-14-16(23-17(20)28-14)25-18(24-15)27-10(3)13-5-4-11(19)7-21-13/h4-5,7-10,26H,6H2,1-3H3,(H3,20,22,23,24,25)/b12-8+. The van der Waals surface area contributed by atoms with Crippen LogP contribution in [0.1, 0.15) is 38.1 Å². The molecule has 3 rings (SSSR count). The topological polar surface area (TPSA) is 110 Å². The number of thioether (sulfide) groups is 1. The second-order valence-corrected chi connectivity index (χ2v) is 9.37. The number of allylic oxidation sites excluding steroid dienone is 1. The van der Waals surface area contributed by atoms with E-state index in [1.165, 1.54) is 23.1 Å². The van der Waals surface area contributed by atoms with Crippen molar-refractivity contribution in [3.63, 3.8) is 0 Å². The molecule has 3 heterocycles. The van der Waals surface area contributed by atoms with E-state index in [1.807, 2.05) is 19.1 Å². The Bertz CT molecular complexity index is 990. The zero-order chi connectivity index (χ0) is 20.3. The lowest BCUT2D eigenvalue weighted by molar-refractivity contribution is 0.460. The number of fused-ring (bicyclic) bond motifs is 1. The Hall–Kier alpha value is -2.10. The average Bonchev–Trinajstić information content (AvgIpc) is 3.01. The molecule has 0 bridgehead atoms. The Labute approximate surface area is 176 Å². The van der Waals surface area contributed by atoms with Crippen molar-refractivity contribution in [3.8, 4) is 0 Å². The molecule has 28 heavy (non-hydrogen) atoms. The van der Waals surface area contributed by atoms with Gasteiger partial charge in [-0.15, -0.1) is 0 Å². The molecule has 0 aromatic carbocycles. The second kappa shape index (κ2) is 8.93. The van der Waals surface area contributed by atoms with Gasteiger partial charge in [-0.3, -0.25) is 4.98 Å². The van der Waals surface area contributed by atoms with Crippen LogP contribution >= 0.6 is 34.7 Å². The predicted octanol–water partition coefficient (Wildman–Crippen LogP) is 5.43. The van der Waals surface area contributed by atoms with Gasteiger partial charge in [0.25, 0.3) is 0 Å². The Morgan fingerprint density at radius 2 is 2.11 bits per heavy atom. The summed E-state index contributed by atoms with van der Waals surface area (Å²) < 4.78 is 0.752. The number of aromatic nitrogens is 4. The molecule has 1 unspecified atom stereocenters. The fourth-order valence-corrected chi connectivity index (χ4v) is 4.22. The van der Waals surface area contributed by atoms with Crippen molar-refractivity contribution in [2.75, 3.05) is 11.1 Å². The third kappa shape index (κ3) is 5.03. The number of hydrogen-bond acceptors (Lipinski definition) is 9. The predicted molar refractivity (Wildman–Crippen MR) is 117 cm³/mol. The molecule has 3 aromatic rings. The highest BCUT2D eigenvalue weighted by atomic mass is 35.5. The van der Waals surface area contributed by atoms with Crippen LogP contribution in [0.2, 0.25) is 5.02 Å². The van der Waals surface area contributed by atoms with E-state index in [4.69, 9.17) is 17.3 Å². The summed E-state index contributed by atoms with van der Waals surface area (Å²) in [6.45, 7) is 6.18. The SMILES string of the molecule is CC(C)C/C(=C\O)Nc1nc(SC(C)c2ccc(Cl)cn2)nc2nc(N)sc12. The third-order valence-electron chi connectivity index (χ3n) is 3.76. The Morgan fingerprint density at radius 3 is 2.75 bits per heavy atom. The molecule has 0 amide bonds. The van der Waals surface area contributed by atoms with Gasteiger partial charge in [0.1, 0.15) is 4.70 Å². The lowest BCUT2D eigenvalue weighted by Crippen LogP contribution is -2.06. The van der Waals surface area contributed by atoms with Crippen LogP contribution in [0.3, 0.4) is 0 Å². The molecule has 7 nitrogen and oxygen atoms in total. The van der Waals surface area contributed by atoms with E-state index in [0.717, 1.165) is 16.7 Å². The maximum absolute atomic E-state index is 9.57. The molecule has 0 aliphatic carbocycles. The summed E-state index contributed by atoms with van der Waals surface area (Å²) >= 11 is 8.69. The summed E-state index contributed by atoms with van der Waals surface area (Å²) in [7, 11) is 0. The molecule has 3 aromatic heterocycles. The number of halogens is 1. The first-order valence-corrected chi connectivity index (χ1v) is 10.8. The van der Waals surface area contributed by atoms with Gasteiger partial charge in [-0.25, -0.2) is 15.0 Å². The molecule has 0 spiro atoms. The van der Waals surface area contributed by atoms with Crippen LogP contribution in [0.15, 0.2) is 35.4 Å². The lowest BCUT2D eigenvalue weighted by atomic mass is 10.1. The zero-order valence-corrected chi connectivity index (χ0v) is 18.1. The number of pyridine rings is 1. The van der Waals surface area contributed by atoms with Crippen molar-refractivity contribution in [1.29, 1.82) is 0 Å². The van der Waals surface area contributed by atoms with Crippen molar-refractivity contribution in [1.82, 2.24) is 19.9 Å². The Morgan fingerprint density at radius 1 is 1.32 bits per heavy atom. The third-order valence-corrected chi connectivity index (χ3v) is 5.85. The van der Waals surface area contributed by atoms with Gasteiger partial charge in [0.2, 0.25) is 0 Å². The van der Waals surface area contributed by atoms with Crippen LogP contribution in [0.4, 0.5) is 10.9 Å². The molecule has 4 N–H and O–H groups in total. The maximum atomic E-state index is 9.57. The monoisotopic (exact) mass is 436 g/mol. The number of hydrogen-bond donors (Lipinski definition) is 3. The molecular weight excluding hydrogens is 416 g/mol. The van der Waals surface area contributed by atoms with Crippen LogP contribution in [0.25, 0.3) is 10.3 Å². The first-order valence-electron chi connectivity index (χ1n) is 8.68. The van der Waals surface area contributed by atoms with Crippen LogP contribution in [-0.4, -0.2) is 25.0 Å². The van der Waals surface area contributed by atoms with E-state index in [-0.39, 0.29) is 5.25 Å². The normalized spacial score (nSPS) is 13.2. The summed E-state index contributed by atoms with van der Waals surface area (Å²) in [5, 5.41) is 14.4. The first-order chi connectivity index (χ1) is 13.4. The molecule has 0 aliphatic heterocycles. The number of aliphatic hydroxyl groups excluding tert-OH is 1. The number of anilines is 2. The number of nitrogens with two attached hydrogens (primary N) is 1. The van der Waals surface area contributed by atoms with Crippen LogP contribution in [0.5, 0.6) is 0 Å². The molecule has 0 saturated heterocycles. The van der Waals surface area contributed by atoms with Gasteiger partial charge < -0.3 is 16.2 Å². The number of nitrogen functional groups attached to an aromatic ring is 1. The fourth-order valence-electron chi connectivity index (χ4n) is 2.53. The lowest BCUT2D eigenvalue weighted by Gasteiger charge is -2.14. The smallest absolute Gasteiger partial charge is 0.192 e. The molecule has 0 aliphatic rings. The van der Waals surface area contributed by atoms with E-state index >= 15 is 0 Å². The zero-order valence-electron chi connectivity index (χ0n) is 15.7. The summed E-state index contributed by atoms with van der Waals surface area (Å²) in [5.41, 5.74) is 7.95. The first kappa shape index (κ1) is 20.6.